The number of fused-ring (bicyclic) bond motifs is 1. The van der Waals surface area contributed by atoms with Gasteiger partial charge >= 0.3 is 0 Å². The summed E-state index contributed by atoms with van der Waals surface area (Å²) < 4.78 is 0. The average Bonchev–Trinajstić information content (AvgIpc) is 3.58. The molecule has 5 rings (SSSR count). The number of thiocarbonyl (C=S) groups is 2. The molecule has 0 fully saturated rings. The summed E-state index contributed by atoms with van der Waals surface area (Å²) in [6.07, 6.45) is 5.11. The molecule has 12 heteroatoms. The predicted octanol–water partition coefficient (Wildman–Crippen LogP) is 6.34. The van der Waals surface area contributed by atoms with Crippen molar-refractivity contribution in [2.45, 2.75) is 12.8 Å². The van der Waals surface area contributed by atoms with E-state index >= 15 is 0 Å². The highest BCUT2D eigenvalue weighted by Gasteiger charge is 2.04. The van der Waals surface area contributed by atoms with E-state index in [-0.39, 0.29) is 0 Å². The lowest BCUT2D eigenvalue weighted by Gasteiger charge is -2.08. The van der Waals surface area contributed by atoms with E-state index in [0.717, 1.165) is 47.0 Å². The Morgan fingerprint density at radius 3 is 1.90 bits per heavy atom. The Kier molecular flexibility index (Phi) is 11.1. The van der Waals surface area contributed by atoms with Gasteiger partial charge in [-0.2, -0.15) is 0 Å². The van der Waals surface area contributed by atoms with E-state index < -0.39 is 0 Å². The van der Waals surface area contributed by atoms with Crippen LogP contribution in [0.5, 0.6) is 0 Å². The van der Waals surface area contributed by atoms with Gasteiger partial charge < -0.3 is 31.2 Å². The Morgan fingerprint density at radius 2 is 1.35 bits per heavy atom. The number of para-hydroxylation sites is 2. The molecule has 0 radical (unpaired) electrons. The zero-order chi connectivity index (χ0) is 28.2. The van der Waals surface area contributed by atoms with Gasteiger partial charge in [-0.3, -0.25) is 0 Å². The zero-order valence-electron chi connectivity index (χ0n) is 21.4. The van der Waals surface area contributed by atoms with Crippen LogP contribution in [0.15, 0.2) is 85.2 Å². The van der Waals surface area contributed by atoms with Crippen molar-refractivity contribution in [3.8, 4) is 0 Å². The van der Waals surface area contributed by atoms with Gasteiger partial charge in [-0.1, -0.05) is 59.6 Å². The van der Waals surface area contributed by atoms with Crippen LogP contribution in [0.3, 0.4) is 0 Å². The topological polar surface area (TPSA) is 105 Å². The van der Waals surface area contributed by atoms with Gasteiger partial charge in [-0.05, 0) is 84.8 Å². The molecule has 206 valence electrons. The number of anilines is 2. The maximum atomic E-state index is 5.96. The van der Waals surface area contributed by atoms with Crippen LogP contribution in [0.2, 0.25) is 10.0 Å². The van der Waals surface area contributed by atoms with Gasteiger partial charge in [0.15, 0.2) is 10.2 Å². The molecule has 5 aromatic rings. The Labute approximate surface area is 253 Å². The van der Waals surface area contributed by atoms with E-state index in [1.807, 2.05) is 72.8 Å². The summed E-state index contributed by atoms with van der Waals surface area (Å²) in [5.41, 5.74) is 4.24. The van der Waals surface area contributed by atoms with Gasteiger partial charge in [0.25, 0.3) is 0 Å². The van der Waals surface area contributed by atoms with E-state index in [4.69, 9.17) is 47.6 Å². The summed E-state index contributed by atoms with van der Waals surface area (Å²) in [4.78, 5) is 14.5. The van der Waals surface area contributed by atoms with Crippen LogP contribution in [0.25, 0.3) is 11.0 Å². The van der Waals surface area contributed by atoms with Gasteiger partial charge in [-0.25, -0.2) is 9.97 Å². The van der Waals surface area contributed by atoms with Crippen LogP contribution in [0.1, 0.15) is 11.1 Å². The third kappa shape index (κ3) is 9.80. The molecule has 0 atom stereocenters. The Hall–Kier alpha value is -3.70. The first-order valence-corrected chi connectivity index (χ1v) is 14.0. The summed E-state index contributed by atoms with van der Waals surface area (Å²) in [6.45, 7) is 1.47. The molecule has 0 bridgehead atoms. The molecule has 0 unspecified atom stereocenters. The number of rotatable bonds is 8. The predicted molar refractivity (Wildman–Crippen MR) is 173 cm³/mol. The number of hydrogen-bond acceptors (Lipinski definition) is 4. The molecule has 0 aliphatic heterocycles. The molecule has 40 heavy (non-hydrogen) atoms. The average molecular weight is 612 g/mol. The SMILES string of the molecule is S=C(NCCc1cccc(Cl)c1)Nc1nc2ccccc2[nH]1.S=C(NCCc1cccc(Cl)c1)Nc1ncc[nH]1. The van der Waals surface area contributed by atoms with Gasteiger partial charge in [0, 0.05) is 35.5 Å². The van der Waals surface area contributed by atoms with Crippen molar-refractivity contribution in [1.29, 1.82) is 0 Å². The fourth-order valence-corrected chi connectivity index (χ4v) is 4.50. The Morgan fingerprint density at radius 1 is 0.750 bits per heavy atom. The van der Waals surface area contributed by atoms with Crippen LogP contribution >= 0.6 is 47.6 Å². The minimum atomic E-state index is 0.543. The van der Waals surface area contributed by atoms with E-state index in [9.17, 15) is 0 Å². The molecule has 3 aromatic carbocycles. The van der Waals surface area contributed by atoms with Crippen molar-refractivity contribution in [2.75, 3.05) is 23.7 Å². The normalized spacial score (nSPS) is 10.3. The van der Waals surface area contributed by atoms with Gasteiger partial charge in [0.1, 0.15) is 0 Å². The largest absolute Gasteiger partial charge is 0.362 e. The summed E-state index contributed by atoms with van der Waals surface area (Å²) in [5.74, 6) is 1.27. The van der Waals surface area contributed by atoms with Crippen LogP contribution < -0.4 is 21.3 Å². The minimum Gasteiger partial charge on any atom is -0.362 e. The van der Waals surface area contributed by atoms with E-state index in [1.54, 1.807) is 12.4 Å². The molecule has 0 spiro atoms. The molecule has 0 amide bonds. The molecule has 0 aliphatic rings. The lowest BCUT2D eigenvalue weighted by Crippen LogP contribution is -2.30. The lowest BCUT2D eigenvalue weighted by molar-refractivity contribution is 0.872. The van der Waals surface area contributed by atoms with E-state index in [2.05, 4.69) is 41.2 Å². The Bertz CT molecular complexity index is 1510. The zero-order valence-corrected chi connectivity index (χ0v) is 24.5. The van der Waals surface area contributed by atoms with Crippen LogP contribution in [-0.2, 0) is 12.8 Å². The molecule has 0 saturated heterocycles. The summed E-state index contributed by atoms with van der Waals surface area (Å²) in [7, 11) is 0. The summed E-state index contributed by atoms with van der Waals surface area (Å²) in [5, 5.41) is 14.9. The monoisotopic (exact) mass is 610 g/mol. The highest BCUT2D eigenvalue weighted by molar-refractivity contribution is 7.80. The van der Waals surface area contributed by atoms with Crippen molar-refractivity contribution in [3.05, 3.63) is 106 Å². The molecule has 6 N–H and O–H groups in total. The van der Waals surface area contributed by atoms with Crippen molar-refractivity contribution in [3.63, 3.8) is 0 Å². The molecule has 2 aromatic heterocycles. The first kappa shape index (κ1) is 29.3. The van der Waals surface area contributed by atoms with E-state index in [0.29, 0.717) is 22.1 Å². The third-order valence-corrected chi connectivity index (χ3v) is 6.49. The molecular weight excluding hydrogens is 583 g/mol. The lowest BCUT2D eigenvalue weighted by atomic mass is 10.1. The Balaban J connectivity index is 0.000000189. The minimum absolute atomic E-state index is 0.543. The third-order valence-electron chi connectivity index (χ3n) is 5.53. The van der Waals surface area contributed by atoms with Crippen LogP contribution in [0.4, 0.5) is 11.9 Å². The smallest absolute Gasteiger partial charge is 0.207 e. The number of halogens is 2. The summed E-state index contributed by atoms with van der Waals surface area (Å²) >= 11 is 22.3. The maximum Gasteiger partial charge on any atom is 0.207 e. The number of nitrogens with one attached hydrogen (secondary N) is 6. The van der Waals surface area contributed by atoms with Crippen molar-refractivity contribution in [2.24, 2.45) is 0 Å². The van der Waals surface area contributed by atoms with Gasteiger partial charge in [-0.15, -0.1) is 0 Å². The maximum absolute atomic E-state index is 5.96. The quantitative estimate of drug-likeness (QED) is 0.113. The number of nitrogens with zero attached hydrogens (tertiary/aromatic N) is 2. The van der Waals surface area contributed by atoms with Crippen molar-refractivity contribution >= 4 is 80.8 Å². The molecule has 0 aliphatic carbocycles. The fraction of sp³-hybridized carbons (Fsp3) is 0.143. The van der Waals surface area contributed by atoms with Gasteiger partial charge in [0.05, 0.1) is 11.0 Å². The summed E-state index contributed by atoms with van der Waals surface area (Å²) in [6, 6.07) is 23.5. The first-order chi connectivity index (χ1) is 19.4. The molecule has 2 heterocycles. The first-order valence-electron chi connectivity index (χ1n) is 12.5. The second-order valence-corrected chi connectivity index (χ2v) is 10.3. The molecular formula is C28H28Cl2N8S2. The highest BCUT2D eigenvalue weighted by Crippen LogP contribution is 2.14. The van der Waals surface area contributed by atoms with Crippen molar-refractivity contribution < 1.29 is 0 Å². The molecule has 8 nitrogen and oxygen atoms in total. The second-order valence-electron chi connectivity index (χ2n) is 8.56. The fourth-order valence-electron chi connectivity index (χ4n) is 3.67. The van der Waals surface area contributed by atoms with Crippen LogP contribution in [-0.4, -0.2) is 43.3 Å². The van der Waals surface area contributed by atoms with Crippen LogP contribution in [0, 0.1) is 0 Å². The highest BCUT2D eigenvalue weighted by atomic mass is 35.5. The number of benzene rings is 3. The number of imidazole rings is 2. The standard InChI is InChI=1S/C16H15ClN4S.C12H13ClN4S/c17-12-5-3-4-11(10-12)8-9-18-16(22)21-15-19-13-6-1-2-7-14(13)20-15;13-10-3-1-2-9(8-10)4-5-16-12(18)17-11-14-6-7-15-11/h1-7,10H,8-9H2,(H3,18,19,20,21,22);1-3,6-8H,4-5H2,(H3,14,15,16,17,18). The van der Waals surface area contributed by atoms with Crippen molar-refractivity contribution in [1.82, 2.24) is 30.6 Å². The second kappa shape index (κ2) is 15.2. The number of aromatic amines is 2. The number of aromatic nitrogens is 4. The van der Waals surface area contributed by atoms with Gasteiger partial charge in [0.2, 0.25) is 11.9 Å². The number of H-pyrrole nitrogens is 2. The van der Waals surface area contributed by atoms with E-state index in [1.165, 1.54) is 11.1 Å². The molecule has 0 saturated carbocycles. The number of hydrogen-bond donors (Lipinski definition) is 6.